The van der Waals surface area contributed by atoms with E-state index in [1.807, 2.05) is 18.5 Å². The summed E-state index contributed by atoms with van der Waals surface area (Å²) >= 11 is 0. The van der Waals surface area contributed by atoms with Crippen molar-refractivity contribution in [2.75, 3.05) is 0 Å². The number of hydrogen-bond acceptors (Lipinski definition) is 2. The van der Waals surface area contributed by atoms with Crippen molar-refractivity contribution < 1.29 is 0 Å². The fraction of sp³-hybridized carbons (Fsp3) is 0.188. The molecule has 0 atom stereocenters. The Morgan fingerprint density at radius 2 is 2.11 bits per heavy atom. The Balaban J connectivity index is 1.64. The van der Waals surface area contributed by atoms with Crippen LogP contribution in [-0.2, 0) is 13.1 Å². The summed E-state index contributed by atoms with van der Waals surface area (Å²) in [6.45, 7) is 3.75. The Hall–Kier alpha value is -2.13. The monoisotopic (exact) mass is 251 g/mol. The molecule has 0 aliphatic heterocycles. The first-order chi connectivity index (χ1) is 9.33. The molecule has 1 aromatic carbocycles. The molecule has 0 saturated carbocycles. The second-order valence-corrected chi connectivity index (χ2v) is 4.77. The molecular formula is C16H17N3. The predicted octanol–water partition coefficient (Wildman–Crippen LogP) is 3.16. The van der Waals surface area contributed by atoms with E-state index in [2.05, 4.69) is 52.5 Å². The second kappa shape index (κ2) is 5.24. The average Bonchev–Trinajstić information content (AvgIpc) is 2.88. The average molecular weight is 251 g/mol. The number of pyridine rings is 1. The molecule has 3 heteroatoms. The van der Waals surface area contributed by atoms with Crippen molar-refractivity contribution in [2.45, 2.75) is 20.0 Å². The fourth-order valence-electron chi connectivity index (χ4n) is 2.23. The van der Waals surface area contributed by atoms with Crippen LogP contribution in [0.15, 0.2) is 48.8 Å². The minimum atomic E-state index is 0.801. The molecular weight excluding hydrogens is 234 g/mol. The summed E-state index contributed by atoms with van der Waals surface area (Å²) in [6, 6.07) is 12.6. The molecule has 0 saturated heterocycles. The van der Waals surface area contributed by atoms with Gasteiger partial charge in [-0.1, -0.05) is 18.2 Å². The van der Waals surface area contributed by atoms with Crippen LogP contribution in [0, 0.1) is 6.92 Å². The summed E-state index contributed by atoms with van der Waals surface area (Å²) in [5.74, 6) is 0. The molecule has 0 aliphatic rings. The Labute approximate surface area is 112 Å². The minimum absolute atomic E-state index is 0.801. The third-order valence-electron chi connectivity index (χ3n) is 3.36. The van der Waals surface area contributed by atoms with Crippen LogP contribution in [-0.4, -0.2) is 9.97 Å². The van der Waals surface area contributed by atoms with E-state index in [4.69, 9.17) is 0 Å². The van der Waals surface area contributed by atoms with Crippen LogP contribution >= 0.6 is 0 Å². The first-order valence-electron chi connectivity index (χ1n) is 6.50. The highest BCUT2D eigenvalue weighted by atomic mass is 14.9. The summed E-state index contributed by atoms with van der Waals surface area (Å²) in [5.41, 5.74) is 4.81. The number of nitrogens with one attached hydrogen (secondary N) is 2. The zero-order valence-electron chi connectivity index (χ0n) is 11.0. The first-order valence-corrected chi connectivity index (χ1v) is 6.50. The standard InChI is InChI=1S/C16H17N3/c1-12-3-2-7-18-16(12)11-17-10-13-4-5-14-6-8-19-15(14)9-13/h2-9,17,19H,10-11H2,1H3. The van der Waals surface area contributed by atoms with Crippen LogP contribution in [0.1, 0.15) is 16.8 Å². The highest BCUT2D eigenvalue weighted by molar-refractivity contribution is 5.79. The first kappa shape index (κ1) is 11.9. The lowest BCUT2D eigenvalue weighted by Crippen LogP contribution is -2.14. The zero-order chi connectivity index (χ0) is 13.1. The lowest BCUT2D eigenvalue weighted by atomic mass is 10.1. The van der Waals surface area contributed by atoms with Gasteiger partial charge in [-0.25, -0.2) is 0 Å². The SMILES string of the molecule is Cc1cccnc1CNCc1ccc2cc[nH]c2c1. The number of hydrogen-bond donors (Lipinski definition) is 2. The topological polar surface area (TPSA) is 40.7 Å². The fourth-order valence-corrected chi connectivity index (χ4v) is 2.23. The van der Waals surface area contributed by atoms with E-state index < -0.39 is 0 Å². The predicted molar refractivity (Wildman–Crippen MR) is 77.8 cm³/mol. The van der Waals surface area contributed by atoms with Crippen LogP contribution < -0.4 is 5.32 Å². The Morgan fingerprint density at radius 3 is 3.00 bits per heavy atom. The van der Waals surface area contributed by atoms with E-state index >= 15 is 0 Å². The number of benzene rings is 1. The van der Waals surface area contributed by atoms with Gasteiger partial charge in [0, 0.05) is 31.0 Å². The lowest BCUT2D eigenvalue weighted by Gasteiger charge is -2.07. The molecule has 0 bridgehead atoms. The summed E-state index contributed by atoms with van der Waals surface area (Å²) in [6.07, 6.45) is 3.81. The van der Waals surface area contributed by atoms with Crippen LogP contribution in [0.4, 0.5) is 0 Å². The summed E-state index contributed by atoms with van der Waals surface area (Å²) < 4.78 is 0. The third kappa shape index (κ3) is 2.66. The Morgan fingerprint density at radius 1 is 1.16 bits per heavy atom. The van der Waals surface area contributed by atoms with Gasteiger partial charge in [0.05, 0.1) is 5.69 Å². The van der Waals surface area contributed by atoms with Gasteiger partial charge in [-0.2, -0.15) is 0 Å². The van der Waals surface area contributed by atoms with E-state index in [-0.39, 0.29) is 0 Å². The number of nitrogens with zero attached hydrogens (tertiary/aromatic N) is 1. The van der Waals surface area contributed by atoms with Gasteiger partial charge in [-0.3, -0.25) is 4.98 Å². The van der Waals surface area contributed by atoms with Crippen molar-refractivity contribution in [3.63, 3.8) is 0 Å². The molecule has 3 nitrogen and oxygen atoms in total. The number of aryl methyl sites for hydroxylation is 1. The van der Waals surface area contributed by atoms with Crippen LogP contribution in [0.25, 0.3) is 10.9 Å². The number of fused-ring (bicyclic) bond motifs is 1. The van der Waals surface area contributed by atoms with Gasteiger partial charge in [0.2, 0.25) is 0 Å². The van der Waals surface area contributed by atoms with Gasteiger partial charge in [0.15, 0.2) is 0 Å². The van der Waals surface area contributed by atoms with Crippen LogP contribution in [0.5, 0.6) is 0 Å². The maximum absolute atomic E-state index is 4.38. The van der Waals surface area contributed by atoms with Gasteiger partial charge in [0.25, 0.3) is 0 Å². The molecule has 3 rings (SSSR count). The van der Waals surface area contributed by atoms with Crippen molar-refractivity contribution in [3.8, 4) is 0 Å². The smallest absolute Gasteiger partial charge is 0.0570 e. The quantitative estimate of drug-likeness (QED) is 0.747. The van der Waals surface area contributed by atoms with Crippen molar-refractivity contribution in [2.24, 2.45) is 0 Å². The highest BCUT2D eigenvalue weighted by Crippen LogP contribution is 2.14. The van der Waals surface area contributed by atoms with E-state index in [0.717, 1.165) is 18.8 Å². The normalized spacial score (nSPS) is 11.0. The van der Waals surface area contributed by atoms with Crippen molar-refractivity contribution in [1.29, 1.82) is 0 Å². The van der Waals surface area contributed by atoms with Gasteiger partial charge >= 0.3 is 0 Å². The van der Waals surface area contributed by atoms with E-state index in [0.29, 0.717) is 0 Å². The summed E-state index contributed by atoms with van der Waals surface area (Å²) in [5, 5.41) is 4.69. The Kier molecular flexibility index (Phi) is 3.29. The van der Waals surface area contributed by atoms with Gasteiger partial charge in [-0.05, 0) is 41.6 Å². The van der Waals surface area contributed by atoms with Crippen LogP contribution in [0.2, 0.25) is 0 Å². The molecule has 96 valence electrons. The molecule has 2 aromatic heterocycles. The van der Waals surface area contributed by atoms with Crippen molar-refractivity contribution in [3.05, 3.63) is 65.6 Å². The maximum atomic E-state index is 4.38. The highest BCUT2D eigenvalue weighted by Gasteiger charge is 2.00. The van der Waals surface area contributed by atoms with E-state index in [9.17, 15) is 0 Å². The molecule has 2 heterocycles. The molecule has 0 spiro atoms. The molecule has 19 heavy (non-hydrogen) atoms. The molecule has 0 aliphatic carbocycles. The van der Waals surface area contributed by atoms with Gasteiger partial charge in [0.1, 0.15) is 0 Å². The zero-order valence-corrected chi connectivity index (χ0v) is 11.0. The number of aromatic nitrogens is 2. The molecule has 0 amide bonds. The van der Waals surface area contributed by atoms with Crippen molar-refractivity contribution >= 4 is 10.9 Å². The van der Waals surface area contributed by atoms with E-state index in [1.54, 1.807) is 0 Å². The molecule has 0 fully saturated rings. The van der Waals surface area contributed by atoms with Crippen molar-refractivity contribution in [1.82, 2.24) is 15.3 Å². The molecule has 0 radical (unpaired) electrons. The second-order valence-electron chi connectivity index (χ2n) is 4.77. The summed E-state index contributed by atoms with van der Waals surface area (Å²) in [4.78, 5) is 7.62. The van der Waals surface area contributed by atoms with Gasteiger partial charge in [-0.15, -0.1) is 0 Å². The molecule has 0 unspecified atom stereocenters. The lowest BCUT2D eigenvalue weighted by molar-refractivity contribution is 0.676. The maximum Gasteiger partial charge on any atom is 0.0570 e. The number of aromatic amines is 1. The summed E-state index contributed by atoms with van der Waals surface area (Å²) in [7, 11) is 0. The minimum Gasteiger partial charge on any atom is -0.361 e. The molecule has 3 aromatic rings. The van der Waals surface area contributed by atoms with Crippen LogP contribution in [0.3, 0.4) is 0 Å². The van der Waals surface area contributed by atoms with Gasteiger partial charge < -0.3 is 10.3 Å². The van der Waals surface area contributed by atoms with E-state index in [1.165, 1.54) is 22.0 Å². The third-order valence-corrected chi connectivity index (χ3v) is 3.36. The Bertz CT molecular complexity index is 685. The number of rotatable bonds is 4. The molecule has 2 N–H and O–H groups in total. The number of H-pyrrole nitrogens is 1. The largest absolute Gasteiger partial charge is 0.361 e.